The first kappa shape index (κ1) is 9.96. The predicted octanol–water partition coefficient (Wildman–Crippen LogP) is 0.529. The van der Waals surface area contributed by atoms with Gasteiger partial charge in [0.15, 0.2) is 33.5 Å². The van der Waals surface area contributed by atoms with Crippen molar-refractivity contribution in [3.05, 3.63) is 0 Å². The number of alkyl halides is 3. The van der Waals surface area contributed by atoms with Crippen LogP contribution < -0.4 is 0 Å². The molecule has 0 N–H and O–H groups in total. The fourth-order valence-corrected chi connectivity index (χ4v) is 1.76. The van der Waals surface area contributed by atoms with Crippen molar-refractivity contribution < 1.29 is 14.4 Å². The Labute approximate surface area is 83.0 Å². The van der Waals surface area contributed by atoms with E-state index in [0.717, 1.165) is 0 Å². The fourth-order valence-electron chi connectivity index (χ4n) is 0.806. The Morgan fingerprint density at radius 3 is 1.00 bits per heavy atom. The van der Waals surface area contributed by atoms with E-state index in [9.17, 15) is 14.4 Å². The molecule has 0 radical (unpaired) electrons. The number of Topliss-reactive ketones (excluding diaryl/α,β-unsaturated/α-hetero) is 3. The average Bonchev–Trinajstić information content (AvgIpc) is 2.08. The first-order chi connectivity index (χ1) is 5.46. The van der Waals surface area contributed by atoms with Crippen LogP contribution in [0.2, 0.25) is 0 Å². The maximum Gasteiger partial charge on any atom is 0.183 e. The van der Waals surface area contributed by atoms with Gasteiger partial charge in [0.05, 0.1) is 0 Å². The van der Waals surface area contributed by atoms with Gasteiger partial charge in [-0.2, -0.15) is 0 Å². The maximum absolute atomic E-state index is 10.9. The van der Waals surface area contributed by atoms with Crippen molar-refractivity contribution >= 4 is 52.2 Å². The lowest BCUT2D eigenvalue weighted by Crippen LogP contribution is -2.50. The van der Waals surface area contributed by atoms with Gasteiger partial charge in [0, 0.05) is 0 Å². The third-order valence-corrected chi connectivity index (χ3v) is 2.79. The summed E-state index contributed by atoms with van der Waals surface area (Å²) < 4.78 is 0. The highest BCUT2D eigenvalue weighted by molar-refractivity contribution is 6.63. The van der Waals surface area contributed by atoms with Gasteiger partial charge in [-0.1, -0.05) is 0 Å². The maximum atomic E-state index is 10.9. The summed E-state index contributed by atoms with van der Waals surface area (Å²) in [4.78, 5) is 32.8. The van der Waals surface area contributed by atoms with Crippen LogP contribution in [0.25, 0.3) is 0 Å². The number of halogens is 3. The van der Waals surface area contributed by atoms with Crippen molar-refractivity contribution in [1.82, 2.24) is 0 Å². The molecular formula is C6H3Cl3O3. The zero-order valence-electron chi connectivity index (χ0n) is 5.59. The quantitative estimate of drug-likeness (QED) is 0.450. The number of ketones is 3. The summed E-state index contributed by atoms with van der Waals surface area (Å²) in [6.45, 7) is 0. The summed E-state index contributed by atoms with van der Waals surface area (Å²) in [6.07, 6.45) is 0. The molecule has 0 saturated heterocycles. The molecule has 6 heteroatoms. The molecule has 3 nitrogen and oxygen atoms in total. The first-order valence-corrected chi connectivity index (χ1v) is 4.31. The molecule has 0 amide bonds. The Morgan fingerprint density at radius 2 is 0.833 bits per heavy atom. The van der Waals surface area contributed by atoms with Gasteiger partial charge in [0.25, 0.3) is 0 Å². The lowest BCUT2D eigenvalue weighted by molar-refractivity contribution is -0.135. The fraction of sp³-hybridized carbons (Fsp3) is 0.500. The van der Waals surface area contributed by atoms with Crippen molar-refractivity contribution in [3.63, 3.8) is 0 Å². The largest absolute Gasteiger partial charge is 0.295 e. The van der Waals surface area contributed by atoms with Crippen molar-refractivity contribution in [2.24, 2.45) is 0 Å². The minimum Gasteiger partial charge on any atom is -0.295 e. The zero-order valence-corrected chi connectivity index (χ0v) is 7.86. The molecule has 0 aromatic carbocycles. The molecule has 12 heavy (non-hydrogen) atoms. The third kappa shape index (κ3) is 1.37. The first-order valence-electron chi connectivity index (χ1n) is 3.00. The van der Waals surface area contributed by atoms with Crippen LogP contribution in [0.4, 0.5) is 0 Å². The molecule has 1 saturated carbocycles. The van der Waals surface area contributed by atoms with Crippen molar-refractivity contribution in [1.29, 1.82) is 0 Å². The van der Waals surface area contributed by atoms with Crippen molar-refractivity contribution in [2.75, 3.05) is 0 Å². The molecule has 1 rings (SSSR count). The SMILES string of the molecule is O=C1C(Cl)C(=O)C(Cl)C(=O)C1Cl. The molecule has 0 heterocycles. The Balaban J connectivity index is 2.99. The molecule has 0 aromatic rings. The Hall–Kier alpha value is -0.120. The number of carbonyl (C=O) groups is 3. The second kappa shape index (κ2) is 3.32. The summed E-state index contributed by atoms with van der Waals surface area (Å²) in [5.41, 5.74) is 0. The minimum atomic E-state index is -1.38. The van der Waals surface area contributed by atoms with Gasteiger partial charge >= 0.3 is 0 Å². The number of hydrogen-bond acceptors (Lipinski definition) is 3. The number of rotatable bonds is 0. The van der Waals surface area contributed by atoms with Crippen molar-refractivity contribution in [2.45, 2.75) is 16.1 Å². The van der Waals surface area contributed by atoms with E-state index in [1.54, 1.807) is 0 Å². The van der Waals surface area contributed by atoms with E-state index in [-0.39, 0.29) is 0 Å². The predicted molar refractivity (Wildman–Crippen MR) is 43.9 cm³/mol. The molecule has 0 aromatic heterocycles. The lowest BCUT2D eigenvalue weighted by Gasteiger charge is -2.20. The van der Waals surface area contributed by atoms with E-state index in [1.165, 1.54) is 0 Å². The Bertz CT molecular complexity index is 202. The van der Waals surface area contributed by atoms with Crippen LogP contribution in [0.1, 0.15) is 0 Å². The van der Waals surface area contributed by atoms with Gasteiger partial charge in [-0.15, -0.1) is 34.8 Å². The molecule has 0 spiro atoms. The van der Waals surface area contributed by atoms with Crippen LogP contribution in [-0.4, -0.2) is 33.5 Å². The van der Waals surface area contributed by atoms with Crippen molar-refractivity contribution in [3.8, 4) is 0 Å². The molecule has 0 aliphatic heterocycles. The zero-order chi connectivity index (χ0) is 9.46. The Morgan fingerprint density at radius 1 is 0.667 bits per heavy atom. The van der Waals surface area contributed by atoms with E-state index in [0.29, 0.717) is 0 Å². The molecule has 66 valence electrons. The van der Waals surface area contributed by atoms with Crippen LogP contribution in [0.5, 0.6) is 0 Å². The van der Waals surface area contributed by atoms with Crippen LogP contribution in [-0.2, 0) is 14.4 Å². The Kier molecular flexibility index (Phi) is 2.76. The second-order valence-corrected chi connectivity index (χ2v) is 3.60. The van der Waals surface area contributed by atoms with Gasteiger partial charge in [-0.05, 0) is 0 Å². The van der Waals surface area contributed by atoms with Gasteiger partial charge in [-0.25, -0.2) is 0 Å². The van der Waals surface area contributed by atoms with Gasteiger partial charge in [0.2, 0.25) is 0 Å². The van der Waals surface area contributed by atoms with E-state index in [1.807, 2.05) is 0 Å². The molecule has 1 aliphatic rings. The summed E-state index contributed by atoms with van der Waals surface area (Å²) in [6, 6.07) is 0. The van der Waals surface area contributed by atoms with Crippen LogP contribution >= 0.6 is 34.8 Å². The lowest BCUT2D eigenvalue weighted by atomic mass is 9.95. The van der Waals surface area contributed by atoms with E-state index < -0.39 is 33.5 Å². The second-order valence-electron chi connectivity index (χ2n) is 2.29. The normalized spacial score (nSPS) is 37.2. The number of carbonyl (C=O) groups excluding carboxylic acids is 3. The topological polar surface area (TPSA) is 51.2 Å². The molecule has 1 fully saturated rings. The molecular weight excluding hydrogens is 226 g/mol. The summed E-state index contributed by atoms with van der Waals surface area (Å²) in [5, 5.41) is -4.15. The standard InChI is InChI=1S/C6H3Cl3O3/c7-1-4(10)2(8)6(12)3(9)5(1)11/h1-3H. The highest BCUT2D eigenvalue weighted by Gasteiger charge is 2.46. The minimum absolute atomic E-state index is 0.787. The highest BCUT2D eigenvalue weighted by atomic mass is 35.5. The highest BCUT2D eigenvalue weighted by Crippen LogP contribution is 2.22. The smallest absolute Gasteiger partial charge is 0.183 e. The monoisotopic (exact) mass is 228 g/mol. The van der Waals surface area contributed by atoms with Gasteiger partial charge in [0.1, 0.15) is 0 Å². The van der Waals surface area contributed by atoms with Crippen LogP contribution in [0.3, 0.4) is 0 Å². The molecule has 1 aliphatic carbocycles. The van der Waals surface area contributed by atoms with E-state index in [4.69, 9.17) is 34.8 Å². The summed E-state index contributed by atoms with van der Waals surface area (Å²) in [5.74, 6) is -2.36. The third-order valence-electron chi connectivity index (χ3n) is 1.50. The average molecular weight is 229 g/mol. The van der Waals surface area contributed by atoms with Gasteiger partial charge < -0.3 is 0 Å². The van der Waals surface area contributed by atoms with Crippen LogP contribution in [0, 0.1) is 0 Å². The summed E-state index contributed by atoms with van der Waals surface area (Å²) in [7, 11) is 0. The molecule has 0 unspecified atom stereocenters. The summed E-state index contributed by atoms with van der Waals surface area (Å²) >= 11 is 16.1. The van der Waals surface area contributed by atoms with E-state index >= 15 is 0 Å². The number of hydrogen-bond donors (Lipinski definition) is 0. The molecule has 0 atom stereocenters. The molecule has 0 bridgehead atoms. The van der Waals surface area contributed by atoms with Gasteiger partial charge in [-0.3, -0.25) is 14.4 Å². The van der Waals surface area contributed by atoms with Crippen LogP contribution in [0.15, 0.2) is 0 Å². The van der Waals surface area contributed by atoms with E-state index in [2.05, 4.69) is 0 Å².